The SMILES string of the molecule is Cc1sc2nc(CSc3ccccc3)nc(Oc3ccccc3C(N)=O)c2c1C. The lowest BCUT2D eigenvalue weighted by molar-refractivity contribution is 0.0998. The van der Waals surface area contributed by atoms with Crippen molar-refractivity contribution in [2.75, 3.05) is 0 Å². The van der Waals surface area contributed by atoms with Crippen LogP contribution in [0.2, 0.25) is 0 Å². The number of nitrogens with zero attached hydrogens (tertiary/aromatic N) is 2. The lowest BCUT2D eigenvalue weighted by Gasteiger charge is -2.11. The number of para-hydroxylation sites is 1. The van der Waals surface area contributed by atoms with E-state index in [4.69, 9.17) is 15.5 Å². The summed E-state index contributed by atoms with van der Waals surface area (Å²) in [5.74, 6) is 1.60. The van der Waals surface area contributed by atoms with Crippen LogP contribution in [0.4, 0.5) is 0 Å². The Kier molecular flexibility index (Phi) is 5.51. The van der Waals surface area contributed by atoms with E-state index in [9.17, 15) is 4.79 Å². The van der Waals surface area contributed by atoms with Gasteiger partial charge >= 0.3 is 0 Å². The minimum absolute atomic E-state index is 0.323. The van der Waals surface area contributed by atoms with Crippen molar-refractivity contribution in [3.05, 3.63) is 76.4 Å². The van der Waals surface area contributed by atoms with Gasteiger partial charge in [-0.25, -0.2) is 4.98 Å². The largest absolute Gasteiger partial charge is 0.437 e. The van der Waals surface area contributed by atoms with E-state index in [1.54, 1.807) is 47.4 Å². The minimum Gasteiger partial charge on any atom is -0.437 e. The maximum atomic E-state index is 11.8. The summed E-state index contributed by atoms with van der Waals surface area (Å²) in [6, 6.07) is 17.1. The van der Waals surface area contributed by atoms with Gasteiger partial charge < -0.3 is 10.5 Å². The average molecular weight is 422 g/mol. The molecule has 0 aliphatic rings. The van der Waals surface area contributed by atoms with E-state index in [2.05, 4.69) is 24.0 Å². The summed E-state index contributed by atoms with van der Waals surface area (Å²) >= 11 is 3.28. The molecule has 2 aromatic carbocycles. The van der Waals surface area contributed by atoms with Crippen molar-refractivity contribution in [3.63, 3.8) is 0 Å². The molecule has 0 bridgehead atoms. The number of benzene rings is 2. The Morgan fingerprint density at radius 1 is 1.07 bits per heavy atom. The molecule has 4 rings (SSSR count). The monoisotopic (exact) mass is 421 g/mol. The molecular weight excluding hydrogens is 402 g/mol. The number of fused-ring (bicyclic) bond motifs is 1. The van der Waals surface area contributed by atoms with Crippen LogP contribution < -0.4 is 10.5 Å². The molecule has 0 unspecified atom stereocenters. The summed E-state index contributed by atoms with van der Waals surface area (Å²) in [6.07, 6.45) is 0. The van der Waals surface area contributed by atoms with Gasteiger partial charge in [-0.05, 0) is 43.7 Å². The maximum absolute atomic E-state index is 11.8. The van der Waals surface area contributed by atoms with Gasteiger partial charge in [0.2, 0.25) is 5.88 Å². The second kappa shape index (κ2) is 8.23. The van der Waals surface area contributed by atoms with E-state index in [0.29, 0.717) is 28.8 Å². The number of hydrogen-bond donors (Lipinski definition) is 1. The van der Waals surface area contributed by atoms with E-state index >= 15 is 0 Å². The number of primary amides is 1. The molecular formula is C22H19N3O2S2. The van der Waals surface area contributed by atoms with Crippen LogP contribution in [-0.4, -0.2) is 15.9 Å². The number of nitrogens with two attached hydrogens (primary N) is 1. The lowest BCUT2D eigenvalue weighted by atomic mass is 10.2. The van der Waals surface area contributed by atoms with Crippen LogP contribution in [0.15, 0.2) is 59.5 Å². The van der Waals surface area contributed by atoms with Gasteiger partial charge in [-0.15, -0.1) is 23.1 Å². The van der Waals surface area contributed by atoms with Crippen molar-refractivity contribution in [2.24, 2.45) is 5.73 Å². The van der Waals surface area contributed by atoms with Gasteiger partial charge in [-0.1, -0.05) is 30.3 Å². The number of aryl methyl sites for hydroxylation is 2. The van der Waals surface area contributed by atoms with Gasteiger partial charge in [-0.2, -0.15) is 4.98 Å². The number of aromatic nitrogens is 2. The molecule has 5 nitrogen and oxygen atoms in total. The van der Waals surface area contributed by atoms with Crippen LogP contribution in [0.1, 0.15) is 26.6 Å². The molecule has 2 heterocycles. The average Bonchev–Trinajstić information content (AvgIpc) is 3.01. The molecule has 2 N–H and O–H groups in total. The number of thioether (sulfide) groups is 1. The molecule has 0 saturated carbocycles. The smallest absolute Gasteiger partial charge is 0.252 e. The number of carbonyl (C=O) groups is 1. The number of amides is 1. The first-order chi connectivity index (χ1) is 14.0. The molecule has 0 aliphatic heterocycles. The van der Waals surface area contributed by atoms with Crippen molar-refractivity contribution >= 4 is 39.2 Å². The Hall–Kier alpha value is -2.90. The van der Waals surface area contributed by atoms with E-state index in [-0.39, 0.29) is 0 Å². The van der Waals surface area contributed by atoms with Crippen LogP contribution in [0.3, 0.4) is 0 Å². The van der Waals surface area contributed by atoms with E-state index in [1.807, 2.05) is 25.1 Å². The zero-order chi connectivity index (χ0) is 20.4. The van der Waals surface area contributed by atoms with Gasteiger partial charge in [0.1, 0.15) is 16.4 Å². The summed E-state index contributed by atoms with van der Waals surface area (Å²) in [6.45, 7) is 4.09. The molecule has 146 valence electrons. The third kappa shape index (κ3) is 4.11. The van der Waals surface area contributed by atoms with E-state index in [0.717, 1.165) is 25.6 Å². The standard InChI is InChI=1S/C22H19N3O2S2/c1-13-14(2)29-22-19(13)21(27-17-11-7-6-10-16(17)20(23)26)24-18(25-22)12-28-15-8-4-3-5-9-15/h3-11H,12H2,1-2H3,(H2,23,26). The predicted molar refractivity (Wildman–Crippen MR) is 118 cm³/mol. The quantitative estimate of drug-likeness (QED) is 0.416. The van der Waals surface area contributed by atoms with Crippen LogP contribution in [-0.2, 0) is 5.75 Å². The van der Waals surface area contributed by atoms with Gasteiger partial charge in [-0.3, -0.25) is 4.79 Å². The van der Waals surface area contributed by atoms with Crippen molar-refractivity contribution in [2.45, 2.75) is 24.5 Å². The molecule has 1 amide bonds. The van der Waals surface area contributed by atoms with E-state index in [1.165, 1.54) is 0 Å². The number of thiophene rings is 1. The van der Waals surface area contributed by atoms with Crippen molar-refractivity contribution in [3.8, 4) is 11.6 Å². The van der Waals surface area contributed by atoms with Crippen LogP contribution in [0.25, 0.3) is 10.2 Å². The molecule has 0 spiro atoms. The Balaban J connectivity index is 1.74. The van der Waals surface area contributed by atoms with Gasteiger partial charge in [0.25, 0.3) is 5.91 Å². The van der Waals surface area contributed by atoms with E-state index < -0.39 is 5.91 Å². The zero-order valence-corrected chi connectivity index (χ0v) is 17.6. The van der Waals surface area contributed by atoms with Crippen molar-refractivity contribution < 1.29 is 9.53 Å². The Morgan fingerprint density at radius 3 is 2.55 bits per heavy atom. The summed E-state index contributed by atoms with van der Waals surface area (Å²) in [7, 11) is 0. The summed E-state index contributed by atoms with van der Waals surface area (Å²) < 4.78 is 6.12. The molecule has 0 aliphatic carbocycles. The lowest BCUT2D eigenvalue weighted by Crippen LogP contribution is -2.12. The highest BCUT2D eigenvalue weighted by molar-refractivity contribution is 7.98. The fourth-order valence-corrected chi connectivity index (χ4v) is 4.73. The maximum Gasteiger partial charge on any atom is 0.252 e. The second-order valence-electron chi connectivity index (χ2n) is 6.47. The Morgan fingerprint density at radius 2 is 1.79 bits per heavy atom. The first kappa shape index (κ1) is 19.4. The second-order valence-corrected chi connectivity index (χ2v) is 8.72. The van der Waals surface area contributed by atoms with Gasteiger partial charge in [0, 0.05) is 9.77 Å². The summed E-state index contributed by atoms with van der Waals surface area (Å²) in [5.41, 5.74) is 6.91. The Bertz CT molecular complexity index is 1190. The third-order valence-electron chi connectivity index (χ3n) is 4.51. The minimum atomic E-state index is -0.538. The highest BCUT2D eigenvalue weighted by Gasteiger charge is 2.18. The first-order valence-corrected chi connectivity index (χ1v) is 10.8. The summed E-state index contributed by atoms with van der Waals surface area (Å²) in [4.78, 5) is 24.4. The van der Waals surface area contributed by atoms with Crippen molar-refractivity contribution in [1.82, 2.24) is 9.97 Å². The highest BCUT2D eigenvalue weighted by atomic mass is 32.2. The topological polar surface area (TPSA) is 78.1 Å². The zero-order valence-electron chi connectivity index (χ0n) is 16.0. The molecule has 0 fully saturated rings. The predicted octanol–water partition coefficient (Wildman–Crippen LogP) is 5.49. The summed E-state index contributed by atoms with van der Waals surface area (Å²) in [5, 5.41) is 0.875. The van der Waals surface area contributed by atoms with Gasteiger partial charge in [0.15, 0.2) is 0 Å². The number of carbonyl (C=O) groups excluding carboxylic acids is 1. The van der Waals surface area contributed by atoms with Crippen LogP contribution in [0, 0.1) is 13.8 Å². The molecule has 29 heavy (non-hydrogen) atoms. The van der Waals surface area contributed by atoms with Gasteiger partial charge in [0.05, 0.1) is 16.7 Å². The first-order valence-electron chi connectivity index (χ1n) is 9.04. The van der Waals surface area contributed by atoms with Crippen LogP contribution in [0.5, 0.6) is 11.6 Å². The molecule has 7 heteroatoms. The fourth-order valence-electron chi connectivity index (χ4n) is 2.92. The Labute approximate surface area is 177 Å². The molecule has 0 atom stereocenters. The molecule has 0 saturated heterocycles. The number of hydrogen-bond acceptors (Lipinski definition) is 6. The number of ether oxygens (including phenoxy) is 1. The normalized spacial score (nSPS) is 11.0. The molecule has 4 aromatic rings. The molecule has 0 radical (unpaired) electrons. The number of rotatable bonds is 6. The van der Waals surface area contributed by atoms with Crippen molar-refractivity contribution in [1.29, 1.82) is 0 Å². The molecule has 2 aromatic heterocycles. The third-order valence-corrected chi connectivity index (χ3v) is 6.62. The highest BCUT2D eigenvalue weighted by Crippen LogP contribution is 2.37. The fraction of sp³-hybridized carbons (Fsp3) is 0.136. The van der Waals surface area contributed by atoms with Crippen LogP contribution >= 0.6 is 23.1 Å².